The lowest BCUT2D eigenvalue weighted by molar-refractivity contribution is -0.137. The van der Waals surface area contributed by atoms with Crippen LogP contribution in [0.25, 0.3) is 0 Å². The van der Waals surface area contributed by atoms with Crippen molar-refractivity contribution < 1.29 is 26.4 Å². The van der Waals surface area contributed by atoms with Gasteiger partial charge in [-0.15, -0.1) is 11.3 Å². The third-order valence-electron chi connectivity index (χ3n) is 4.26. The van der Waals surface area contributed by atoms with Gasteiger partial charge in [-0.3, -0.25) is 4.79 Å². The number of nitrogens with one attached hydrogen (secondary N) is 1. The van der Waals surface area contributed by atoms with E-state index in [4.69, 9.17) is 0 Å². The average molecular weight is 418 g/mol. The summed E-state index contributed by atoms with van der Waals surface area (Å²) in [5, 5.41) is 2.51. The highest BCUT2D eigenvalue weighted by molar-refractivity contribution is 7.91. The maximum atomic E-state index is 12.8. The maximum absolute atomic E-state index is 12.8. The van der Waals surface area contributed by atoms with E-state index >= 15 is 0 Å². The minimum atomic E-state index is -4.46. The number of aryl methyl sites for hydroxylation is 1. The molecule has 1 aliphatic heterocycles. The molecule has 0 saturated carbocycles. The summed E-state index contributed by atoms with van der Waals surface area (Å²) in [6, 6.07) is 6.36. The number of rotatable bonds is 4. The first kappa shape index (κ1) is 19.8. The number of carbonyl (C=O) groups is 1. The number of benzene rings is 1. The van der Waals surface area contributed by atoms with Gasteiger partial charge in [-0.05, 0) is 56.2 Å². The highest BCUT2D eigenvalue weighted by atomic mass is 32.2. The summed E-state index contributed by atoms with van der Waals surface area (Å²) < 4.78 is 64.8. The lowest BCUT2D eigenvalue weighted by atomic mass is 10.2. The average Bonchev–Trinajstić information content (AvgIpc) is 3.24. The van der Waals surface area contributed by atoms with Gasteiger partial charge in [-0.2, -0.15) is 17.5 Å². The zero-order valence-corrected chi connectivity index (χ0v) is 15.9. The van der Waals surface area contributed by atoms with E-state index in [1.54, 1.807) is 13.0 Å². The summed E-state index contributed by atoms with van der Waals surface area (Å²) >= 11 is 1.14. The number of anilines is 1. The Bertz CT molecular complexity index is 937. The fourth-order valence-electron chi connectivity index (χ4n) is 2.92. The molecule has 1 amide bonds. The Balaban J connectivity index is 1.76. The molecule has 1 aromatic carbocycles. The molecular formula is C17H17F3N2O3S2. The smallest absolute Gasteiger partial charge is 0.325 e. The van der Waals surface area contributed by atoms with Gasteiger partial charge >= 0.3 is 6.18 Å². The number of carbonyl (C=O) groups excluding carboxylic acids is 1. The Morgan fingerprint density at radius 2 is 1.85 bits per heavy atom. The zero-order valence-electron chi connectivity index (χ0n) is 14.3. The molecule has 3 rings (SSSR count). The number of amides is 1. The minimum absolute atomic E-state index is 0.175. The second-order valence-corrected chi connectivity index (χ2v) is 9.61. The molecular weight excluding hydrogens is 401 g/mol. The molecule has 2 heterocycles. The van der Waals surface area contributed by atoms with Crippen LogP contribution < -0.4 is 5.32 Å². The SMILES string of the molecule is Cc1ccc(S(=O)(=O)N2CCCC2C(=O)Nc2ccc(C(F)(F)F)cc2)s1. The van der Waals surface area contributed by atoms with Crippen molar-refractivity contribution in [2.45, 2.75) is 36.2 Å². The monoisotopic (exact) mass is 418 g/mol. The van der Waals surface area contributed by atoms with Gasteiger partial charge in [-0.1, -0.05) is 0 Å². The molecule has 0 aliphatic carbocycles. The molecule has 1 atom stereocenters. The molecule has 1 fully saturated rings. The molecule has 0 spiro atoms. The first-order valence-electron chi connectivity index (χ1n) is 8.15. The van der Waals surface area contributed by atoms with E-state index in [2.05, 4.69) is 5.32 Å². The standard InChI is InChI=1S/C17H17F3N2O3S2/c1-11-4-9-15(26-11)27(24,25)22-10-2-3-14(22)16(23)21-13-7-5-12(6-8-13)17(18,19)20/h4-9,14H,2-3,10H2,1H3,(H,21,23). The number of sulfonamides is 1. The summed E-state index contributed by atoms with van der Waals surface area (Å²) in [5.41, 5.74) is -0.636. The first-order valence-corrected chi connectivity index (χ1v) is 10.4. The number of alkyl halides is 3. The van der Waals surface area contributed by atoms with Crippen LogP contribution >= 0.6 is 11.3 Å². The third kappa shape index (κ3) is 4.17. The molecule has 1 N–H and O–H groups in total. The van der Waals surface area contributed by atoms with E-state index in [1.165, 1.54) is 6.07 Å². The first-order chi connectivity index (χ1) is 12.6. The van der Waals surface area contributed by atoms with E-state index < -0.39 is 33.7 Å². The molecule has 0 radical (unpaired) electrons. The second kappa shape index (κ2) is 7.25. The summed E-state index contributed by atoms with van der Waals surface area (Å²) in [5.74, 6) is -0.552. The molecule has 1 saturated heterocycles. The highest BCUT2D eigenvalue weighted by Crippen LogP contribution is 2.32. The van der Waals surface area contributed by atoms with Crippen LogP contribution in [-0.2, 0) is 21.0 Å². The Labute approximate surface area is 158 Å². The van der Waals surface area contributed by atoms with Gasteiger partial charge in [0.05, 0.1) is 5.56 Å². The molecule has 27 heavy (non-hydrogen) atoms. The van der Waals surface area contributed by atoms with Gasteiger partial charge in [-0.25, -0.2) is 8.42 Å². The number of nitrogens with zero attached hydrogens (tertiary/aromatic N) is 1. The van der Waals surface area contributed by atoms with Crippen molar-refractivity contribution in [3.63, 3.8) is 0 Å². The van der Waals surface area contributed by atoms with Crippen molar-refractivity contribution >= 4 is 33.0 Å². The van der Waals surface area contributed by atoms with Crippen LogP contribution in [-0.4, -0.2) is 31.2 Å². The topological polar surface area (TPSA) is 66.5 Å². The Kier molecular flexibility index (Phi) is 5.33. The van der Waals surface area contributed by atoms with Crippen molar-refractivity contribution in [1.82, 2.24) is 4.31 Å². The number of thiophene rings is 1. The summed E-state index contributed by atoms with van der Waals surface area (Å²) in [7, 11) is -3.79. The predicted octanol–water partition coefficient (Wildman–Crippen LogP) is 3.87. The predicted molar refractivity (Wildman–Crippen MR) is 96.0 cm³/mol. The zero-order chi connectivity index (χ0) is 19.8. The molecule has 0 bridgehead atoms. The van der Waals surface area contributed by atoms with Gasteiger partial charge in [0.1, 0.15) is 10.3 Å². The summed E-state index contributed by atoms with van der Waals surface area (Å²) in [6.45, 7) is 2.02. The Morgan fingerprint density at radius 1 is 1.19 bits per heavy atom. The fourth-order valence-corrected chi connectivity index (χ4v) is 5.99. The van der Waals surface area contributed by atoms with E-state index in [1.807, 2.05) is 0 Å². The van der Waals surface area contributed by atoms with Crippen LogP contribution in [0, 0.1) is 6.92 Å². The molecule has 2 aromatic rings. The van der Waals surface area contributed by atoms with E-state index in [0.717, 1.165) is 44.8 Å². The van der Waals surface area contributed by atoms with Crippen molar-refractivity contribution in [3.8, 4) is 0 Å². The second-order valence-electron chi connectivity index (χ2n) is 6.20. The number of halogens is 3. The van der Waals surface area contributed by atoms with Crippen LogP contribution in [0.3, 0.4) is 0 Å². The van der Waals surface area contributed by atoms with Crippen molar-refractivity contribution in [1.29, 1.82) is 0 Å². The molecule has 5 nitrogen and oxygen atoms in total. The van der Waals surface area contributed by atoms with Crippen LogP contribution in [0.1, 0.15) is 23.3 Å². The van der Waals surface area contributed by atoms with E-state index in [-0.39, 0.29) is 16.4 Å². The third-order valence-corrected chi connectivity index (χ3v) is 7.64. The Morgan fingerprint density at radius 3 is 2.41 bits per heavy atom. The van der Waals surface area contributed by atoms with Crippen LogP contribution in [0.5, 0.6) is 0 Å². The van der Waals surface area contributed by atoms with E-state index in [0.29, 0.717) is 12.8 Å². The molecule has 146 valence electrons. The molecule has 1 unspecified atom stereocenters. The van der Waals surface area contributed by atoms with Gasteiger partial charge in [0.25, 0.3) is 10.0 Å². The van der Waals surface area contributed by atoms with Crippen molar-refractivity contribution in [2.75, 3.05) is 11.9 Å². The van der Waals surface area contributed by atoms with Crippen LogP contribution in [0.15, 0.2) is 40.6 Å². The maximum Gasteiger partial charge on any atom is 0.416 e. The van der Waals surface area contributed by atoms with Gasteiger partial charge < -0.3 is 5.32 Å². The summed E-state index contributed by atoms with van der Waals surface area (Å²) in [6.07, 6.45) is -3.57. The number of hydrogen-bond donors (Lipinski definition) is 1. The quantitative estimate of drug-likeness (QED) is 0.820. The normalized spacial score (nSPS) is 18.6. The van der Waals surface area contributed by atoms with Crippen molar-refractivity contribution in [2.24, 2.45) is 0 Å². The van der Waals surface area contributed by atoms with Crippen LogP contribution in [0.4, 0.5) is 18.9 Å². The van der Waals surface area contributed by atoms with E-state index in [9.17, 15) is 26.4 Å². The molecule has 10 heteroatoms. The van der Waals surface area contributed by atoms with Crippen molar-refractivity contribution in [3.05, 3.63) is 46.8 Å². The lowest BCUT2D eigenvalue weighted by Gasteiger charge is -2.22. The van der Waals surface area contributed by atoms with Gasteiger partial charge in [0, 0.05) is 17.1 Å². The Hall–Kier alpha value is -1.91. The molecule has 1 aliphatic rings. The van der Waals surface area contributed by atoms with Gasteiger partial charge in [0.15, 0.2) is 0 Å². The highest BCUT2D eigenvalue weighted by Gasteiger charge is 2.40. The fraction of sp³-hybridized carbons (Fsp3) is 0.353. The van der Waals surface area contributed by atoms with Crippen LogP contribution in [0.2, 0.25) is 0 Å². The largest absolute Gasteiger partial charge is 0.416 e. The number of hydrogen-bond acceptors (Lipinski definition) is 4. The summed E-state index contributed by atoms with van der Waals surface area (Å²) in [4.78, 5) is 13.4. The molecule has 1 aromatic heterocycles. The lowest BCUT2D eigenvalue weighted by Crippen LogP contribution is -2.42. The van der Waals surface area contributed by atoms with Gasteiger partial charge in [0.2, 0.25) is 5.91 Å². The minimum Gasteiger partial charge on any atom is -0.325 e.